The van der Waals surface area contributed by atoms with Gasteiger partial charge in [-0.25, -0.2) is 0 Å². The van der Waals surface area contributed by atoms with Crippen LogP contribution in [0.1, 0.15) is 18.7 Å². The summed E-state index contributed by atoms with van der Waals surface area (Å²) in [5.41, 5.74) is 0. The zero-order valence-electron chi connectivity index (χ0n) is 7.95. The van der Waals surface area contributed by atoms with Gasteiger partial charge in [-0.3, -0.25) is 0 Å². The lowest BCUT2D eigenvalue weighted by molar-refractivity contribution is -0.302. The molecule has 74 valence electrons. The minimum absolute atomic E-state index is 0.691. The first-order valence-electron chi connectivity index (χ1n) is 4.18. The number of aliphatic carboxylic acids is 1. The third kappa shape index (κ3) is 9.51. The first-order valence-corrected chi connectivity index (χ1v) is 6.69. The van der Waals surface area contributed by atoms with E-state index in [1.807, 2.05) is 11.3 Å². The van der Waals surface area contributed by atoms with Gasteiger partial charge < -0.3 is 9.90 Å². The highest BCUT2D eigenvalue weighted by atomic mass is 32.1. The smallest absolute Gasteiger partial charge is 0.0889 e. The van der Waals surface area contributed by atoms with Crippen LogP contribution < -0.4 is 5.11 Å². The molecule has 1 aromatic rings. The maximum Gasteiger partial charge on any atom is 0.0889 e. The zero-order valence-corrected chi connectivity index (χ0v) is 9.92. The maximum absolute atomic E-state index is 8.89. The summed E-state index contributed by atoms with van der Waals surface area (Å²) in [5, 5.41) is 11.0. The molecule has 1 unspecified atom stereocenters. The summed E-state index contributed by atoms with van der Waals surface area (Å²) in [5.74, 6) is -1.08. The van der Waals surface area contributed by atoms with E-state index in [0.717, 1.165) is 6.92 Å². The predicted octanol–water partition coefficient (Wildman–Crippen LogP) is 1.43. The van der Waals surface area contributed by atoms with Gasteiger partial charge in [0, 0.05) is 10.8 Å². The number of rotatable bonds is 3. The minimum atomic E-state index is -1.08. The van der Waals surface area contributed by atoms with Crippen molar-refractivity contribution in [3.63, 3.8) is 0 Å². The molecule has 0 radical (unpaired) electrons. The van der Waals surface area contributed by atoms with Gasteiger partial charge in [-0.2, -0.15) is 0 Å². The van der Waals surface area contributed by atoms with E-state index in [2.05, 4.69) is 24.4 Å². The molecule has 0 N–H and O–H groups in total. The van der Waals surface area contributed by atoms with Crippen LogP contribution in [-0.4, -0.2) is 12.1 Å². The Labute approximate surface area is 84.8 Å². The molecule has 1 heterocycles. The Balaban J connectivity index is 0.000000310. The Morgan fingerprint density at radius 3 is 2.69 bits per heavy atom. The van der Waals surface area contributed by atoms with Crippen molar-refractivity contribution in [2.75, 3.05) is 6.16 Å². The van der Waals surface area contributed by atoms with E-state index in [1.54, 1.807) is 4.88 Å². The second-order valence-electron chi connectivity index (χ2n) is 2.47. The topological polar surface area (TPSA) is 40.1 Å². The van der Waals surface area contributed by atoms with Gasteiger partial charge in [0.2, 0.25) is 0 Å². The van der Waals surface area contributed by atoms with E-state index in [1.165, 1.54) is 12.3 Å². The highest BCUT2D eigenvalue weighted by Crippen LogP contribution is 2.20. The van der Waals surface area contributed by atoms with E-state index in [4.69, 9.17) is 9.90 Å². The molecule has 4 heteroatoms. The van der Waals surface area contributed by atoms with Gasteiger partial charge in [-0.15, -0.1) is 11.3 Å². The predicted molar refractivity (Wildman–Crippen MR) is 59.0 cm³/mol. The van der Waals surface area contributed by atoms with Crippen molar-refractivity contribution in [1.82, 2.24) is 0 Å². The van der Waals surface area contributed by atoms with Gasteiger partial charge in [0.1, 0.15) is 0 Å². The summed E-state index contributed by atoms with van der Waals surface area (Å²) in [6.45, 7) is 3.24. The average Bonchev–Trinajstić information content (AvgIpc) is 2.51. The number of hydrogen-bond acceptors (Lipinski definition) is 3. The molecule has 0 aromatic carbocycles. The Morgan fingerprint density at radius 2 is 2.31 bits per heavy atom. The highest BCUT2D eigenvalue weighted by Gasteiger charge is 1.94. The summed E-state index contributed by atoms with van der Waals surface area (Å²) < 4.78 is 0. The van der Waals surface area contributed by atoms with Crippen LogP contribution in [0.15, 0.2) is 17.5 Å². The van der Waals surface area contributed by atoms with Crippen molar-refractivity contribution in [3.8, 4) is 0 Å². The van der Waals surface area contributed by atoms with E-state index < -0.39 is 5.97 Å². The Hall–Kier alpha value is -0.400. The highest BCUT2D eigenvalue weighted by molar-refractivity contribution is 7.37. The SMILES string of the molecule is CC(=O)[O-].CC[PH2+]Cc1cccs1. The molecule has 0 aliphatic heterocycles. The second-order valence-corrected chi connectivity index (χ2v) is 5.31. The van der Waals surface area contributed by atoms with Crippen LogP contribution in [0, 0.1) is 0 Å². The van der Waals surface area contributed by atoms with E-state index in [9.17, 15) is 0 Å². The zero-order chi connectivity index (χ0) is 10.1. The number of carbonyl (C=O) groups is 1. The van der Waals surface area contributed by atoms with Gasteiger partial charge in [0.25, 0.3) is 0 Å². The van der Waals surface area contributed by atoms with Gasteiger partial charge in [-0.1, -0.05) is 6.07 Å². The Morgan fingerprint density at radius 1 is 1.69 bits per heavy atom. The normalized spacial score (nSPS) is 9.69. The third-order valence-electron chi connectivity index (χ3n) is 1.21. The van der Waals surface area contributed by atoms with E-state index in [0.29, 0.717) is 8.58 Å². The Bertz CT molecular complexity index is 218. The molecule has 2 nitrogen and oxygen atoms in total. The van der Waals surface area contributed by atoms with Crippen molar-refractivity contribution in [2.45, 2.75) is 20.0 Å². The average molecular weight is 218 g/mol. The molecule has 1 aromatic heterocycles. The van der Waals surface area contributed by atoms with Gasteiger partial charge in [0.05, 0.1) is 12.3 Å². The van der Waals surface area contributed by atoms with Crippen molar-refractivity contribution >= 4 is 25.9 Å². The first kappa shape index (κ1) is 12.6. The number of hydrogen-bond donors (Lipinski definition) is 0. The van der Waals surface area contributed by atoms with Gasteiger partial charge >= 0.3 is 0 Å². The van der Waals surface area contributed by atoms with Crippen LogP contribution in [0.4, 0.5) is 0 Å². The molecule has 1 rings (SSSR count). The molecule has 13 heavy (non-hydrogen) atoms. The van der Waals surface area contributed by atoms with Crippen LogP contribution in [-0.2, 0) is 11.0 Å². The third-order valence-corrected chi connectivity index (χ3v) is 3.71. The van der Waals surface area contributed by atoms with E-state index in [-0.39, 0.29) is 0 Å². The van der Waals surface area contributed by atoms with Crippen LogP contribution >= 0.6 is 19.9 Å². The number of carboxylic acid groups (broad SMARTS) is 1. The summed E-state index contributed by atoms with van der Waals surface area (Å²) in [6.07, 6.45) is 2.74. The second kappa shape index (κ2) is 8.21. The lowest BCUT2D eigenvalue weighted by Gasteiger charge is -1.84. The fourth-order valence-electron chi connectivity index (χ4n) is 0.715. The molecule has 1 atom stereocenters. The van der Waals surface area contributed by atoms with Gasteiger partial charge in [-0.05, 0) is 33.9 Å². The molecule has 0 bridgehead atoms. The van der Waals surface area contributed by atoms with E-state index >= 15 is 0 Å². The monoisotopic (exact) mass is 218 g/mol. The molecule has 0 saturated heterocycles. The van der Waals surface area contributed by atoms with Crippen molar-refractivity contribution in [2.24, 2.45) is 0 Å². The molecule has 0 spiro atoms. The molecule has 0 amide bonds. The summed E-state index contributed by atoms with van der Waals surface area (Å²) in [4.78, 5) is 10.5. The lowest BCUT2D eigenvalue weighted by Crippen LogP contribution is -2.16. The largest absolute Gasteiger partial charge is 0.550 e. The summed E-state index contributed by atoms with van der Waals surface area (Å²) in [7, 11) is 0.691. The molecule has 0 aliphatic rings. The number of thiophene rings is 1. The maximum atomic E-state index is 8.89. The van der Waals surface area contributed by atoms with Crippen molar-refractivity contribution < 1.29 is 9.90 Å². The van der Waals surface area contributed by atoms with Crippen molar-refractivity contribution in [1.29, 1.82) is 0 Å². The first-order chi connectivity index (χ1) is 6.16. The van der Waals surface area contributed by atoms with Crippen LogP contribution in [0.2, 0.25) is 0 Å². The standard InChI is InChI=1S/C7H11PS.C2H4O2/c1-2-8-6-7-4-3-5-9-7;1-2(3)4/h3-5,8H,2,6H2,1H3;1H3,(H,3,4). The van der Waals surface area contributed by atoms with Crippen LogP contribution in [0.25, 0.3) is 0 Å². The molecular weight excluding hydrogens is 203 g/mol. The molecule has 0 aliphatic carbocycles. The van der Waals surface area contributed by atoms with Crippen LogP contribution in [0.5, 0.6) is 0 Å². The lowest BCUT2D eigenvalue weighted by atomic mass is 10.5. The van der Waals surface area contributed by atoms with Crippen LogP contribution in [0.3, 0.4) is 0 Å². The quantitative estimate of drug-likeness (QED) is 0.720. The number of carbonyl (C=O) groups excluding carboxylic acids is 1. The Kier molecular flexibility index (Phi) is 7.96. The fraction of sp³-hybridized carbons (Fsp3) is 0.444. The number of carboxylic acids is 1. The fourth-order valence-corrected chi connectivity index (χ4v) is 2.65. The minimum Gasteiger partial charge on any atom is -0.550 e. The summed E-state index contributed by atoms with van der Waals surface area (Å²) in [6, 6.07) is 4.36. The molecule has 0 saturated carbocycles. The molecule has 0 fully saturated rings. The van der Waals surface area contributed by atoms with Crippen molar-refractivity contribution in [3.05, 3.63) is 22.4 Å². The molecular formula is C9H15O2PS. The summed E-state index contributed by atoms with van der Waals surface area (Å²) >= 11 is 1.88. The van der Waals surface area contributed by atoms with Gasteiger partial charge in [0.15, 0.2) is 0 Å².